The van der Waals surface area contributed by atoms with E-state index in [2.05, 4.69) is 9.97 Å². The molecular weight excluding hydrogens is 230 g/mol. The van der Waals surface area contributed by atoms with Gasteiger partial charge in [-0.1, -0.05) is 13.8 Å². The molecule has 2 N–H and O–H groups in total. The zero-order chi connectivity index (χ0) is 13.8. The molecular formula is C13H21N3O2. The number of ether oxygens (including phenoxy) is 1. The molecule has 0 aliphatic rings. The summed E-state index contributed by atoms with van der Waals surface area (Å²) in [5, 5.41) is 0. The van der Waals surface area contributed by atoms with Crippen LogP contribution in [0.25, 0.3) is 0 Å². The van der Waals surface area contributed by atoms with Crippen LogP contribution in [0, 0.1) is 6.92 Å². The van der Waals surface area contributed by atoms with E-state index >= 15 is 0 Å². The molecule has 0 bridgehead atoms. The van der Waals surface area contributed by atoms with Gasteiger partial charge in [-0.25, -0.2) is 0 Å². The van der Waals surface area contributed by atoms with Crippen LogP contribution in [0.3, 0.4) is 0 Å². The molecule has 0 radical (unpaired) electrons. The van der Waals surface area contributed by atoms with Crippen molar-refractivity contribution in [2.45, 2.75) is 45.1 Å². The van der Waals surface area contributed by atoms with E-state index in [1.165, 1.54) is 7.11 Å². The Labute approximate surface area is 108 Å². The van der Waals surface area contributed by atoms with Crippen molar-refractivity contribution in [3.05, 3.63) is 23.8 Å². The van der Waals surface area contributed by atoms with Gasteiger partial charge in [0, 0.05) is 23.9 Å². The normalized spacial score (nSPS) is 15.8. The van der Waals surface area contributed by atoms with Gasteiger partial charge in [0.2, 0.25) is 0 Å². The van der Waals surface area contributed by atoms with Crippen LogP contribution >= 0.6 is 0 Å². The van der Waals surface area contributed by atoms with Crippen molar-refractivity contribution in [2.24, 2.45) is 5.73 Å². The predicted molar refractivity (Wildman–Crippen MR) is 69.0 cm³/mol. The number of methoxy groups -OCH3 is 1. The molecule has 1 aromatic rings. The lowest BCUT2D eigenvalue weighted by Crippen LogP contribution is -2.45. The maximum absolute atomic E-state index is 11.6. The average Bonchev–Trinajstić information content (AvgIpc) is 2.37. The number of carbonyl (C=O) groups excluding carboxylic acids is 1. The molecule has 1 heterocycles. The molecule has 0 aliphatic carbocycles. The van der Waals surface area contributed by atoms with Crippen LogP contribution in [0.4, 0.5) is 0 Å². The smallest absolute Gasteiger partial charge is 0.306 e. The first-order valence-corrected chi connectivity index (χ1v) is 6.06. The number of carbonyl (C=O) groups is 1. The molecule has 1 aromatic heterocycles. The topological polar surface area (TPSA) is 78.1 Å². The monoisotopic (exact) mass is 251 g/mol. The van der Waals surface area contributed by atoms with E-state index in [1.54, 1.807) is 12.4 Å². The van der Waals surface area contributed by atoms with Crippen LogP contribution in [0.1, 0.15) is 38.1 Å². The Morgan fingerprint density at radius 2 is 2.11 bits per heavy atom. The third-order valence-electron chi connectivity index (χ3n) is 3.42. The van der Waals surface area contributed by atoms with Crippen LogP contribution in [0.5, 0.6) is 0 Å². The predicted octanol–water partition coefficient (Wildman–Crippen LogP) is 1.34. The van der Waals surface area contributed by atoms with Crippen molar-refractivity contribution in [1.29, 1.82) is 0 Å². The van der Waals surface area contributed by atoms with Crippen molar-refractivity contribution in [1.82, 2.24) is 9.97 Å². The van der Waals surface area contributed by atoms with E-state index < -0.39 is 5.41 Å². The summed E-state index contributed by atoms with van der Waals surface area (Å²) in [5.41, 5.74) is 7.19. The largest absolute Gasteiger partial charge is 0.469 e. The fourth-order valence-corrected chi connectivity index (χ4v) is 2.18. The van der Waals surface area contributed by atoms with Gasteiger partial charge in [-0.05, 0) is 13.3 Å². The number of hydrogen-bond donors (Lipinski definition) is 1. The van der Waals surface area contributed by atoms with Gasteiger partial charge in [-0.2, -0.15) is 0 Å². The molecule has 0 aromatic carbocycles. The Bertz CT molecular complexity index is 422. The van der Waals surface area contributed by atoms with E-state index in [-0.39, 0.29) is 18.4 Å². The molecule has 1 rings (SSSR count). The molecule has 0 fully saturated rings. The maximum Gasteiger partial charge on any atom is 0.306 e. The minimum atomic E-state index is -0.555. The van der Waals surface area contributed by atoms with Crippen molar-refractivity contribution in [3.63, 3.8) is 0 Å². The number of nitrogens with zero attached hydrogens (tertiary/aromatic N) is 2. The lowest BCUT2D eigenvalue weighted by molar-refractivity contribution is -0.142. The summed E-state index contributed by atoms with van der Waals surface area (Å²) in [7, 11) is 1.38. The third kappa shape index (κ3) is 2.85. The van der Waals surface area contributed by atoms with Crippen molar-refractivity contribution in [3.8, 4) is 0 Å². The number of aromatic nitrogens is 2. The van der Waals surface area contributed by atoms with E-state index in [0.29, 0.717) is 0 Å². The van der Waals surface area contributed by atoms with E-state index in [4.69, 9.17) is 10.5 Å². The molecule has 5 nitrogen and oxygen atoms in total. The van der Waals surface area contributed by atoms with Crippen LogP contribution < -0.4 is 5.73 Å². The van der Waals surface area contributed by atoms with Gasteiger partial charge in [0.05, 0.1) is 24.9 Å². The highest BCUT2D eigenvalue weighted by molar-refractivity contribution is 5.71. The minimum Gasteiger partial charge on any atom is -0.469 e. The highest BCUT2D eigenvalue weighted by atomic mass is 16.5. The molecule has 5 heteroatoms. The fraction of sp³-hybridized carbons (Fsp3) is 0.615. The van der Waals surface area contributed by atoms with Crippen molar-refractivity contribution >= 4 is 5.97 Å². The van der Waals surface area contributed by atoms with Crippen LogP contribution in [-0.4, -0.2) is 29.1 Å². The number of hydrogen-bond acceptors (Lipinski definition) is 5. The molecule has 18 heavy (non-hydrogen) atoms. The molecule has 0 saturated carbocycles. The number of rotatable bonds is 5. The van der Waals surface area contributed by atoms with Crippen LogP contribution in [0.15, 0.2) is 12.4 Å². The molecule has 100 valence electrons. The van der Waals surface area contributed by atoms with Crippen molar-refractivity contribution in [2.75, 3.05) is 7.11 Å². The van der Waals surface area contributed by atoms with E-state index in [0.717, 1.165) is 17.8 Å². The highest BCUT2D eigenvalue weighted by Crippen LogP contribution is 2.32. The summed E-state index contributed by atoms with van der Waals surface area (Å²) in [6.07, 6.45) is 4.22. The lowest BCUT2D eigenvalue weighted by atomic mass is 9.74. The highest BCUT2D eigenvalue weighted by Gasteiger charge is 2.38. The molecule has 0 spiro atoms. The summed E-state index contributed by atoms with van der Waals surface area (Å²) in [6, 6.07) is -0.174. The van der Waals surface area contributed by atoms with Gasteiger partial charge in [0.15, 0.2) is 0 Å². The Balaban J connectivity index is 3.20. The van der Waals surface area contributed by atoms with Gasteiger partial charge < -0.3 is 10.5 Å². The second-order valence-corrected chi connectivity index (χ2v) is 4.68. The van der Waals surface area contributed by atoms with Gasteiger partial charge in [-0.15, -0.1) is 0 Å². The van der Waals surface area contributed by atoms with Crippen LogP contribution in [-0.2, 0) is 14.9 Å². The second kappa shape index (κ2) is 5.91. The second-order valence-electron chi connectivity index (χ2n) is 4.68. The molecule has 0 aliphatic heterocycles. The SMILES string of the molecule is CCC(N)C(C)(CC(=O)OC)c1nccnc1C. The Kier molecular flexibility index (Phi) is 4.78. The zero-order valence-electron chi connectivity index (χ0n) is 11.4. The first kappa shape index (κ1) is 14.6. The summed E-state index contributed by atoms with van der Waals surface area (Å²) in [6.45, 7) is 5.81. The minimum absolute atomic E-state index is 0.174. The number of esters is 1. The standard InChI is InChI=1S/C13H21N3O2/c1-5-10(14)13(3,8-11(17)18-4)12-9(2)15-6-7-16-12/h6-7,10H,5,8,14H2,1-4H3. The zero-order valence-corrected chi connectivity index (χ0v) is 11.4. The molecule has 0 amide bonds. The van der Waals surface area contributed by atoms with E-state index in [1.807, 2.05) is 20.8 Å². The number of nitrogens with two attached hydrogens (primary N) is 1. The summed E-state index contributed by atoms with van der Waals surface area (Å²) < 4.78 is 4.76. The first-order valence-electron chi connectivity index (χ1n) is 6.06. The summed E-state index contributed by atoms with van der Waals surface area (Å²) in [4.78, 5) is 20.2. The van der Waals surface area contributed by atoms with Crippen molar-refractivity contribution < 1.29 is 9.53 Å². The first-order chi connectivity index (χ1) is 8.45. The van der Waals surface area contributed by atoms with Crippen LogP contribution in [0.2, 0.25) is 0 Å². The van der Waals surface area contributed by atoms with Gasteiger partial charge in [0.25, 0.3) is 0 Å². The maximum atomic E-state index is 11.6. The Morgan fingerprint density at radius 3 is 2.61 bits per heavy atom. The Morgan fingerprint density at radius 1 is 1.50 bits per heavy atom. The van der Waals surface area contributed by atoms with E-state index in [9.17, 15) is 4.79 Å². The number of aryl methyl sites for hydroxylation is 1. The molecule has 0 saturated heterocycles. The summed E-state index contributed by atoms with van der Waals surface area (Å²) in [5.74, 6) is -0.286. The van der Waals surface area contributed by atoms with Gasteiger partial charge in [0.1, 0.15) is 0 Å². The quantitative estimate of drug-likeness (QED) is 0.799. The lowest BCUT2D eigenvalue weighted by Gasteiger charge is -2.34. The molecule has 2 unspecified atom stereocenters. The summed E-state index contributed by atoms with van der Waals surface area (Å²) >= 11 is 0. The average molecular weight is 251 g/mol. The third-order valence-corrected chi connectivity index (χ3v) is 3.42. The fourth-order valence-electron chi connectivity index (χ4n) is 2.18. The van der Waals surface area contributed by atoms with Gasteiger partial charge >= 0.3 is 5.97 Å². The Hall–Kier alpha value is -1.49. The molecule has 2 atom stereocenters. The van der Waals surface area contributed by atoms with Gasteiger partial charge in [-0.3, -0.25) is 14.8 Å².